The second-order valence-electron chi connectivity index (χ2n) is 3.96. The Kier molecular flexibility index (Phi) is 4.16. The molecule has 1 aliphatic rings. The molecular weight excluding hydrogens is 166 g/mol. The molecule has 1 fully saturated rings. The Morgan fingerprint density at radius 2 is 2.38 bits per heavy atom. The van der Waals surface area contributed by atoms with Gasteiger partial charge in [-0.1, -0.05) is 6.92 Å². The van der Waals surface area contributed by atoms with Gasteiger partial charge in [0, 0.05) is 25.9 Å². The maximum atomic E-state index is 6.25. The largest absolute Gasteiger partial charge is 0.385 e. The zero-order valence-corrected chi connectivity index (χ0v) is 8.71. The fourth-order valence-corrected chi connectivity index (χ4v) is 1.84. The summed E-state index contributed by atoms with van der Waals surface area (Å²) in [6, 6.07) is 0. The SMILES string of the molecule is CCC1CC(N)(CCOC)CCO1. The van der Waals surface area contributed by atoms with Gasteiger partial charge >= 0.3 is 0 Å². The van der Waals surface area contributed by atoms with Gasteiger partial charge in [0.05, 0.1) is 6.10 Å². The average molecular weight is 187 g/mol. The Balaban J connectivity index is 2.37. The fraction of sp³-hybridized carbons (Fsp3) is 1.00. The van der Waals surface area contributed by atoms with Gasteiger partial charge in [-0.25, -0.2) is 0 Å². The van der Waals surface area contributed by atoms with Crippen molar-refractivity contribution in [2.75, 3.05) is 20.3 Å². The predicted octanol–water partition coefficient (Wildman–Crippen LogP) is 1.31. The molecule has 0 bridgehead atoms. The molecule has 1 heterocycles. The molecule has 3 nitrogen and oxygen atoms in total. The molecule has 3 heteroatoms. The molecule has 0 saturated carbocycles. The van der Waals surface area contributed by atoms with Crippen LogP contribution in [-0.2, 0) is 9.47 Å². The van der Waals surface area contributed by atoms with Crippen LogP contribution in [0.4, 0.5) is 0 Å². The minimum absolute atomic E-state index is 0.0467. The van der Waals surface area contributed by atoms with Gasteiger partial charge < -0.3 is 15.2 Å². The van der Waals surface area contributed by atoms with E-state index in [-0.39, 0.29) is 5.54 Å². The van der Waals surface area contributed by atoms with E-state index in [9.17, 15) is 0 Å². The molecule has 0 amide bonds. The summed E-state index contributed by atoms with van der Waals surface area (Å²) in [4.78, 5) is 0. The van der Waals surface area contributed by atoms with Crippen LogP contribution in [-0.4, -0.2) is 32.0 Å². The second-order valence-corrected chi connectivity index (χ2v) is 3.96. The van der Waals surface area contributed by atoms with Gasteiger partial charge in [-0.2, -0.15) is 0 Å². The van der Waals surface area contributed by atoms with Crippen molar-refractivity contribution in [1.82, 2.24) is 0 Å². The highest BCUT2D eigenvalue weighted by atomic mass is 16.5. The van der Waals surface area contributed by atoms with Crippen molar-refractivity contribution in [2.24, 2.45) is 5.73 Å². The molecule has 78 valence electrons. The quantitative estimate of drug-likeness (QED) is 0.721. The summed E-state index contributed by atoms with van der Waals surface area (Å²) >= 11 is 0. The van der Waals surface area contributed by atoms with Gasteiger partial charge in [0.2, 0.25) is 0 Å². The predicted molar refractivity (Wildman–Crippen MR) is 52.7 cm³/mol. The number of rotatable bonds is 4. The van der Waals surface area contributed by atoms with E-state index in [0.717, 1.165) is 38.9 Å². The highest BCUT2D eigenvalue weighted by Crippen LogP contribution is 2.26. The summed E-state index contributed by atoms with van der Waals surface area (Å²) in [7, 11) is 1.72. The molecule has 0 aromatic heterocycles. The Morgan fingerprint density at radius 3 is 3.00 bits per heavy atom. The standard InChI is InChI=1S/C10H21NO2/c1-3-9-8-10(11,4-6-12-2)5-7-13-9/h9H,3-8,11H2,1-2H3. The van der Waals surface area contributed by atoms with E-state index in [2.05, 4.69) is 6.92 Å². The highest BCUT2D eigenvalue weighted by Gasteiger charge is 2.32. The molecule has 1 rings (SSSR count). The Labute approximate surface area is 80.6 Å². The van der Waals surface area contributed by atoms with Crippen LogP contribution < -0.4 is 5.73 Å². The van der Waals surface area contributed by atoms with Crippen LogP contribution in [0.25, 0.3) is 0 Å². The first-order chi connectivity index (χ1) is 6.20. The first-order valence-corrected chi connectivity index (χ1v) is 5.09. The topological polar surface area (TPSA) is 44.5 Å². The average Bonchev–Trinajstić information content (AvgIpc) is 2.15. The zero-order chi connectivity index (χ0) is 9.73. The molecule has 0 aliphatic carbocycles. The summed E-state index contributed by atoms with van der Waals surface area (Å²) in [5.74, 6) is 0. The van der Waals surface area contributed by atoms with E-state index in [4.69, 9.17) is 15.2 Å². The highest BCUT2D eigenvalue weighted by molar-refractivity contribution is 4.89. The van der Waals surface area contributed by atoms with Crippen molar-refractivity contribution in [3.05, 3.63) is 0 Å². The lowest BCUT2D eigenvalue weighted by Crippen LogP contribution is -2.48. The molecule has 13 heavy (non-hydrogen) atoms. The van der Waals surface area contributed by atoms with Crippen molar-refractivity contribution < 1.29 is 9.47 Å². The molecule has 2 N–H and O–H groups in total. The molecule has 2 atom stereocenters. The number of hydrogen-bond acceptors (Lipinski definition) is 3. The van der Waals surface area contributed by atoms with Gasteiger partial charge in [-0.3, -0.25) is 0 Å². The van der Waals surface area contributed by atoms with E-state index in [1.807, 2.05) is 0 Å². The molecule has 1 saturated heterocycles. The Hall–Kier alpha value is -0.120. The van der Waals surface area contributed by atoms with Crippen LogP contribution >= 0.6 is 0 Å². The zero-order valence-electron chi connectivity index (χ0n) is 8.71. The van der Waals surface area contributed by atoms with Crippen LogP contribution in [0.2, 0.25) is 0 Å². The number of nitrogens with two attached hydrogens (primary N) is 1. The third-order valence-corrected chi connectivity index (χ3v) is 2.85. The van der Waals surface area contributed by atoms with Gasteiger partial charge in [0.1, 0.15) is 0 Å². The number of methoxy groups -OCH3 is 1. The Morgan fingerprint density at radius 1 is 1.62 bits per heavy atom. The lowest BCUT2D eigenvalue weighted by Gasteiger charge is -2.37. The van der Waals surface area contributed by atoms with Crippen LogP contribution in [0, 0.1) is 0 Å². The van der Waals surface area contributed by atoms with Crippen molar-refractivity contribution >= 4 is 0 Å². The number of hydrogen-bond donors (Lipinski definition) is 1. The van der Waals surface area contributed by atoms with Crippen LogP contribution in [0.5, 0.6) is 0 Å². The first kappa shape index (κ1) is 11.0. The molecule has 0 aromatic carbocycles. The molecule has 0 spiro atoms. The van der Waals surface area contributed by atoms with Crippen LogP contribution in [0.3, 0.4) is 0 Å². The maximum absolute atomic E-state index is 6.25. The minimum atomic E-state index is -0.0467. The van der Waals surface area contributed by atoms with Crippen molar-refractivity contribution in [3.63, 3.8) is 0 Å². The lowest BCUT2D eigenvalue weighted by atomic mass is 9.84. The lowest BCUT2D eigenvalue weighted by molar-refractivity contribution is -0.0267. The molecule has 0 aromatic rings. The minimum Gasteiger partial charge on any atom is -0.385 e. The van der Waals surface area contributed by atoms with Gasteiger partial charge in [-0.15, -0.1) is 0 Å². The van der Waals surface area contributed by atoms with E-state index < -0.39 is 0 Å². The van der Waals surface area contributed by atoms with Crippen LogP contribution in [0.15, 0.2) is 0 Å². The third kappa shape index (κ3) is 3.25. The van der Waals surface area contributed by atoms with Crippen molar-refractivity contribution in [2.45, 2.75) is 44.2 Å². The summed E-state index contributed by atoms with van der Waals surface area (Å²) in [6.45, 7) is 3.71. The first-order valence-electron chi connectivity index (χ1n) is 5.09. The molecular formula is C10H21NO2. The summed E-state index contributed by atoms with van der Waals surface area (Å²) in [6.07, 6.45) is 4.31. The number of ether oxygens (including phenoxy) is 2. The van der Waals surface area contributed by atoms with Crippen molar-refractivity contribution in [1.29, 1.82) is 0 Å². The smallest absolute Gasteiger partial charge is 0.0590 e. The fourth-order valence-electron chi connectivity index (χ4n) is 1.84. The Bertz CT molecular complexity index is 152. The molecule has 0 radical (unpaired) electrons. The molecule has 2 unspecified atom stereocenters. The third-order valence-electron chi connectivity index (χ3n) is 2.85. The van der Waals surface area contributed by atoms with E-state index >= 15 is 0 Å². The summed E-state index contributed by atoms with van der Waals surface area (Å²) < 4.78 is 10.6. The van der Waals surface area contributed by atoms with E-state index in [1.165, 1.54) is 0 Å². The van der Waals surface area contributed by atoms with E-state index in [0.29, 0.717) is 6.10 Å². The summed E-state index contributed by atoms with van der Waals surface area (Å²) in [5, 5.41) is 0. The van der Waals surface area contributed by atoms with Crippen molar-refractivity contribution in [3.8, 4) is 0 Å². The monoisotopic (exact) mass is 187 g/mol. The second kappa shape index (κ2) is 4.94. The normalized spacial score (nSPS) is 34.8. The van der Waals surface area contributed by atoms with E-state index in [1.54, 1.807) is 7.11 Å². The van der Waals surface area contributed by atoms with Gasteiger partial charge in [0.25, 0.3) is 0 Å². The van der Waals surface area contributed by atoms with Gasteiger partial charge in [-0.05, 0) is 25.7 Å². The van der Waals surface area contributed by atoms with Crippen LogP contribution in [0.1, 0.15) is 32.6 Å². The molecule has 1 aliphatic heterocycles. The maximum Gasteiger partial charge on any atom is 0.0590 e. The summed E-state index contributed by atoms with van der Waals surface area (Å²) in [5.41, 5.74) is 6.20. The van der Waals surface area contributed by atoms with Gasteiger partial charge in [0.15, 0.2) is 0 Å².